The molecule has 1 aliphatic rings. The zero-order valence-corrected chi connectivity index (χ0v) is 11.3. The predicted molar refractivity (Wildman–Crippen MR) is 69.1 cm³/mol. The van der Waals surface area contributed by atoms with Gasteiger partial charge in [-0.2, -0.15) is 0 Å². The standard InChI is InChI=1S/C12H19N3O4/c1-7-5-15(12(18)13-11(7)17)10-4-8(14(2)3)9(6-16)19-10/h5,8-10,16H,4,6H2,1-3H3,(H,13,17,18)/t8-,9+,10+/m0/s1. The summed E-state index contributed by atoms with van der Waals surface area (Å²) in [5, 5.41) is 9.32. The summed E-state index contributed by atoms with van der Waals surface area (Å²) in [6.45, 7) is 1.53. The van der Waals surface area contributed by atoms with Gasteiger partial charge in [0, 0.05) is 24.2 Å². The zero-order valence-electron chi connectivity index (χ0n) is 11.3. The molecule has 2 N–H and O–H groups in total. The fraction of sp³-hybridized carbons (Fsp3) is 0.667. The van der Waals surface area contributed by atoms with E-state index in [4.69, 9.17) is 4.74 Å². The number of aromatic amines is 1. The van der Waals surface area contributed by atoms with Crippen molar-refractivity contribution in [3.63, 3.8) is 0 Å². The molecule has 0 spiro atoms. The summed E-state index contributed by atoms with van der Waals surface area (Å²) in [4.78, 5) is 27.4. The van der Waals surface area contributed by atoms with Gasteiger partial charge in [-0.1, -0.05) is 0 Å². The number of H-pyrrole nitrogens is 1. The van der Waals surface area contributed by atoms with Crippen LogP contribution in [0.5, 0.6) is 0 Å². The zero-order chi connectivity index (χ0) is 14.2. The van der Waals surface area contributed by atoms with Gasteiger partial charge in [-0.25, -0.2) is 4.79 Å². The molecule has 0 radical (unpaired) electrons. The Morgan fingerprint density at radius 3 is 2.74 bits per heavy atom. The van der Waals surface area contributed by atoms with E-state index in [-0.39, 0.29) is 24.3 Å². The summed E-state index contributed by atoms with van der Waals surface area (Å²) in [7, 11) is 3.81. The van der Waals surface area contributed by atoms with E-state index < -0.39 is 11.9 Å². The molecule has 7 heteroatoms. The van der Waals surface area contributed by atoms with Crippen molar-refractivity contribution in [3.8, 4) is 0 Å². The van der Waals surface area contributed by atoms with E-state index >= 15 is 0 Å². The third-order valence-electron chi connectivity index (χ3n) is 3.50. The first kappa shape index (κ1) is 14.0. The van der Waals surface area contributed by atoms with Gasteiger partial charge < -0.3 is 14.7 Å². The lowest BCUT2D eigenvalue weighted by Crippen LogP contribution is -2.37. The van der Waals surface area contributed by atoms with Gasteiger partial charge in [-0.05, 0) is 21.0 Å². The molecule has 0 saturated carbocycles. The molecule has 0 amide bonds. The van der Waals surface area contributed by atoms with E-state index in [1.807, 2.05) is 19.0 Å². The van der Waals surface area contributed by atoms with Gasteiger partial charge in [0.1, 0.15) is 6.23 Å². The van der Waals surface area contributed by atoms with E-state index in [0.717, 1.165) is 0 Å². The summed E-state index contributed by atoms with van der Waals surface area (Å²) in [5.74, 6) is 0. The number of likely N-dealkylation sites (N-methyl/N-ethyl adjacent to an activating group) is 1. The van der Waals surface area contributed by atoms with Crippen molar-refractivity contribution in [2.24, 2.45) is 0 Å². The van der Waals surface area contributed by atoms with Crippen LogP contribution in [0.2, 0.25) is 0 Å². The number of rotatable bonds is 3. The number of hydrogen-bond acceptors (Lipinski definition) is 5. The van der Waals surface area contributed by atoms with Crippen LogP contribution in [0.4, 0.5) is 0 Å². The summed E-state index contributed by atoms with van der Waals surface area (Å²) in [6.07, 6.45) is 1.29. The molecule has 0 bridgehead atoms. The van der Waals surface area contributed by atoms with Crippen molar-refractivity contribution in [2.45, 2.75) is 31.7 Å². The van der Waals surface area contributed by atoms with Gasteiger partial charge in [0.2, 0.25) is 0 Å². The minimum atomic E-state index is -0.489. The van der Waals surface area contributed by atoms with Crippen LogP contribution in [0, 0.1) is 6.92 Å². The Balaban J connectivity index is 2.32. The Labute approximate surface area is 110 Å². The SMILES string of the molecule is Cc1cn([C@H]2C[C@H](N(C)C)[C@@H](CO)O2)c(=O)[nH]c1=O. The van der Waals surface area contributed by atoms with Crippen LogP contribution in [0.25, 0.3) is 0 Å². The molecule has 0 aromatic carbocycles. The number of hydrogen-bond donors (Lipinski definition) is 2. The molecule has 1 aromatic heterocycles. The third kappa shape index (κ3) is 2.63. The minimum Gasteiger partial charge on any atom is -0.394 e. The normalized spacial score (nSPS) is 27.1. The average molecular weight is 269 g/mol. The number of aryl methyl sites for hydroxylation is 1. The maximum atomic E-state index is 11.8. The lowest BCUT2D eigenvalue weighted by molar-refractivity contribution is -0.0353. The van der Waals surface area contributed by atoms with Crippen LogP contribution in [0.15, 0.2) is 15.8 Å². The summed E-state index contributed by atoms with van der Waals surface area (Å²) in [6, 6.07) is 0.0362. The molecular formula is C12H19N3O4. The average Bonchev–Trinajstić information content (AvgIpc) is 2.77. The maximum Gasteiger partial charge on any atom is 0.330 e. The number of ether oxygens (including phenoxy) is 1. The molecule has 1 fully saturated rings. The molecule has 2 rings (SSSR count). The maximum absolute atomic E-state index is 11.8. The van der Waals surface area contributed by atoms with Crippen LogP contribution >= 0.6 is 0 Å². The monoisotopic (exact) mass is 269 g/mol. The second-order valence-corrected chi connectivity index (χ2v) is 5.06. The van der Waals surface area contributed by atoms with Crippen LogP contribution in [0.3, 0.4) is 0 Å². The van der Waals surface area contributed by atoms with E-state index in [1.54, 1.807) is 6.92 Å². The third-order valence-corrected chi connectivity index (χ3v) is 3.50. The predicted octanol–water partition coefficient (Wildman–Crippen LogP) is -0.945. The second-order valence-electron chi connectivity index (χ2n) is 5.06. The highest BCUT2D eigenvalue weighted by Crippen LogP contribution is 2.29. The smallest absolute Gasteiger partial charge is 0.330 e. The van der Waals surface area contributed by atoms with E-state index in [0.29, 0.717) is 12.0 Å². The molecular weight excluding hydrogens is 250 g/mol. The Morgan fingerprint density at radius 1 is 1.53 bits per heavy atom. The molecule has 19 heavy (non-hydrogen) atoms. The first-order valence-electron chi connectivity index (χ1n) is 6.19. The van der Waals surface area contributed by atoms with Crippen LogP contribution < -0.4 is 11.2 Å². The Kier molecular flexibility index (Phi) is 3.88. The lowest BCUT2D eigenvalue weighted by atomic mass is 10.1. The van der Waals surface area contributed by atoms with Crippen molar-refractivity contribution in [1.29, 1.82) is 0 Å². The number of aliphatic hydroxyl groups is 1. The minimum absolute atomic E-state index is 0.0362. The number of nitrogens with zero attached hydrogens (tertiary/aromatic N) is 2. The van der Waals surface area contributed by atoms with Gasteiger partial charge in [0.25, 0.3) is 5.56 Å². The highest BCUT2D eigenvalue weighted by molar-refractivity contribution is 5.02. The molecule has 106 valence electrons. The quantitative estimate of drug-likeness (QED) is 0.739. The first-order valence-corrected chi connectivity index (χ1v) is 6.19. The van der Waals surface area contributed by atoms with Gasteiger partial charge in [0.05, 0.1) is 12.7 Å². The molecule has 0 aliphatic carbocycles. The first-order chi connectivity index (χ1) is 8.93. The number of aromatic nitrogens is 2. The van der Waals surface area contributed by atoms with E-state index in [2.05, 4.69) is 4.98 Å². The lowest BCUT2D eigenvalue weighted by Gasteiger charge is -2.22. The van der Waals surface area contributed by atoms with Gasteiger partial charge in [-0.3, -0.25) is 14.3 Å². The van der Waals surface area contributed by atoms with E-state index in [9.17, 15) is 14.7 Å². The summed E-state index contributed by atoms with van der Waals surface area (Å²) in [5.41, 5.74) is -0.420. The molecule has 3 atom stereocenters. The number of nitrogens with one attached hydrogen (secondary N) is 1. The molecule has 1 saturated heterocycles. The molecule has 2 heterocycles. The van der Waals surface area contributed by atoms with E-state index in [1.165, 1.54) is 10.8 Å². The van der Waals surface area contributed by atoms with Crippen molar-refractivity contribution < 1.29 is 9.84 Å². The Hall–Kier alpha value is -1.44. The molecule has 7 nitrogen and oxygen atoms in total. The fourth-order valence-electron chi connectivity index (χ4n) is 2.39. The molecule has 1 aliphatic heterocycles. The van der Waals surface area contributed by atoms with Gasteiger partial charge in [-0.15, -0.1) is 0 Å². The highest BCUT2D eigenvalue weighted by Gasteiger charge is 2.37. The topological polar surface area (TPSA) is 87.6 Å². The van der Waals surface area contributed by atoms with Crippen LogP contribution in [-0.2, 0) is 4.74 Å². The van der Waals surface area contributed by atoms with Crippen molar-refractivity contribution >= 4 is 0 Å². The molecule has 0 unspecified atom stereocenters. The largest absolute Gasteiger partial charge is 0.394 e. The Morgan fingerprint density at radius 2 is 2.21 bits per heavy atom. The van der Waals surface area contributed by atoms with Crippen LogP contribution in [0.1, 0.15) is 18.2 Å². The molecule has 1 aromatic rings. The number of aliphatic hydroxyl groups excluding tert-OH is 1. The van der Waals surface area contributed by atoms with Gasteiger partial charge >= 0.3 is 5.69 Å². The van der Waals surface area contributed by atoms with Crippen molar-refractivity contribution in [1.82, 2.24) is 14.5 Å². The second kappa shape index (κ2) is 5.28. The van der Waals surface area contributed by atoms with Crippen molar-refractivity contribution in [2.75, 3.05) is 20.7 Å². The van der Waals surface area contributed by atoms with Crippen molar-refractivity contribution in [3.05, 3.63) is 32.6 Å². The van der Waals surface area contributed by atoms with Gasteiger partial charge in [0.15, 0.2) is 0 Å². The fourth-order valence-corrected chi connectivity index (χ4v) is 2.39. The van der Waals surface area contributed by atoms with Crippen LogP contribution in [-0.4, -0.2) is 52.4 Å². The summed E-state index contributed by atoms with van der Waals surface area (Å²) >= 11 is 0. The highest BCUT2D eigenvalue weighted by atomic mass is 16.5. The Bertz CT molecular complexity index is 563. The summed E-state index contributed by atoms with van der Waals surface area (Å²) < 4.78 is 7.07.